The van der Waals surface area contributed by atoms with Crippen LogP contribution in [0.3, 0.4) is 0 Å². The number of carbonyl (C=O) groups excluding carboxylic acids is 2. The highest BCUT2D eigenvalue weighted by Crippen LogP contribution is 2.35. The van der Waals surface area contributed by atoms with E-state index < -0.39 is 0 Å². The van der Waals surface area contributed by atoms with E-state index >= 15 is 0 Å². The lowest BCUT2D eigenvalue weighted by molar-refractivity contribution is -0.114. The van der Waals surface area contributed by atoms with Crippen molar-refractivity contribution in [1.82, 2.24) is 9.97 Å². The van der Waals surface area contributed by atoms with Crippen molar-refractivity contribution in [2.75, 3.05) is 53.4 Å². The average molecular weight is 513 g/mol. The Kier molecular flexibility index (Phi) is 8.06. The number of thioether (sulfide) groups is 1. The molecule has 9 nitrogen and oxygen atoms in total. The SMILES string of the molecule is CSc1c(Cl)nc(-c2ccc(NC(=O)Nc3ccc(NC(C)=O)cc3)cc2)nc1N1CCOCC1. The number of hydrogen-bond acceptors (Lipinski definition) is 7. The number of ether oxygens (including phenoxy) is 1. The Morgan fingerprint density at radius 1 is 0.914 bits per heavy atom. The molecule has 0 atom stereocenters. The maximum absolute atomic E-state index is 12.4. The first-order valence-corrected chi connectivity index (χ1v) is 12.5. The number of morpholine rings is 1. The van der Waals surface area contributed by atoms with Crippen LogP contribution in [0.2, 0.25) is 5.15 Å². The molecule has 4 rings (SSSR count). The van der Waals surface area contributed by atoms with E-state index in [1.54, 1.807) is 36.4 Å². The summed E-state index contributed by atoms with van der Waals surface area (Å²) in [6.45, 7) is 4.22. The van der Waals surface area contributed by atoms with Crippen LogP contribution in [0, 0.1) is 0 Å². The number of urea groups is 1. The van der Waals surface area contributed by atoms with Gasteiger partial charge in [0.25, 0.3) is 0 Å². The van der Waals surface area contributed by atoms with Gasteiger partial charge < -0.3 is 25.6 Å². The highest BCUT2D eigenvalue weighted by molar-refractivity contribution is 7.98. The third-order valence-electron chi connectivity index (χ3n) is 5.19. The average Bonchev–Trinajstić information content (AvgIpc) is 2.85. The fourth-order valence-electron chi connectivity index (χ4n) is 3.54. The van der Waals surface area contributed by atoms with Gasteiger partial charge in [-0.15, -0.1) is 11.8 Å². The molecule has 35 heavy (non-hydrogen) atoms. The Balaban J connectivity index is 1.44. The number of aromatic nitrogens is 2. The second kappa shape index (κ2) is 11.4. The molecule has 0 aliphatic carbocycles. The lowest BCUT2D eigenvalue weighted by atomic mass is 10.2. The maximum Gasteiger partial charge on any atom is 0.323 e. The van der Waals surface area contributed by atoms with Gasteiger partial charge in [0.15, 0.2) is 5.82 Å². The number of anilines is 4. The van der Waals surface area contributed by atoms with Crippen molar-refractivity contribution in [2.45, 2.75) is 11.8 Å². The molecule has 1 fully saturated rings. The second-order valence-corrected chi connectivity index (χ2v) is 8.88. The minimum atomic E-state index is -0.386. The molecule has 3 amide bonds. The topological polar surface area (TPSA) is 108 Å². The zero-order valence-electron chi connectivity index (χ0n) is 19.3. The molecule has 1 aliphatic heterocycles. The molecule has 3 aromatic rings. The second-order valence-electron chi connectivity index (χ2n) is 7.71. The zero-order valence-corrected chi connectivity index (χ0v) is 20.9. The van der Waals surface area contributed by atoms with Crippen molar-refractivity contribution in [1.29, 1.82) is 0 Å². The van der Waals surface area contributed by atoms with Crippen LogP contribution in [0.15, 0.2) is 53.4 Å². The third kappa shape index (κ3) is 6.41. The van der Waals surface area contributed by atoms with Gasteiger partial charge in [-0.1, -0.05) is 11.6 Å². The molecule has 1 aromatic heterocycles. The van der Waals surface area contributed by atoms with Gasteiger partial charge in [0.2, 0.25) is 5.91 Å². The highest BCUT2D eigenvalue weighted by atomic mass is 35.5. The first-order chi connectivity index (χ1) is 16.9. The first kappa shape index (κ1) is 24.8. The maximum atomic E-state index is 12.4. The summed E-state index contributed by atoms with van der Waals surface area (Å²) in [7, 11) is 0. The van der Waals surface area contributed by atoms with Gasteiger partial charge >= 0.3 is 6.03 Å². The molecule has 0 bridgehead atoms. The number of amides is 3. The van der Waals surface area contributed by atoms with Gasteiger partial charge in [0.1, 0.15) is 11.0 Å². The van der Waals surface area contributed by atoms with Crippen LogP contribution in [0.5, 0.6) is 0 Å². The van der Waals surface area contributed by atoms with E-state index in [0.29, 0.717) is 41.3 Å². The van der Waals surface area contributed by atoms with Crippen LogP contribution in [0.25, 0.3) is 11.4 Å². The summed E-state index contributed by atoms with van der Waals surface area (Å²) >= 11 is 8.02. The fourth-order valence-corrected chi connectivity index (χ4v) is 4.51. The molecule has 2 aromatic carbocycles. The summed E-state index contributed by atoms with van der Waals surface area (Å²) in [5.41, 5.74) is 2.65. The van der Waals surface area contributed by atoms with Crippen LogP contribution in [0.1, 0.15) is 6.92 Å². The van der Waals surface area contributed by atoms with E-state index in [2.05, 4.69) is 25.8 Å². The van der Waals surface area contributed by atoms with Gasteiger partial charge in [-0.25, -0.2) is 14.8 Å². The minimum absolute atomic E-state index is 0.155. The normalized spacial score (nSPS) is 13.3. The van der Waals surface area contributed by atoms with Crippen molar-refractivity contribution in [2.24, 2.45) is 0 Å². The fraction of sp³-hybridized carbons (Fsp3) is 0.250. The quantitative estimate of drug-likeness (QED) is 0.316. The Hall–Kier alpha value is -3.34. The monoisotopic (exact) mass is 512 g/mol. The molecule has 3 N–H and O–H groups in total. The smallest absolute Gasteiger partial charge is 0.323 e. The third-order valence-corrected chi connectivity index (χ3v) is 6.35. The molecule has 0 radical (unpaired) electrons. The summed E-state index contributed by atoms with van der Waals surface area (Å²) in [4.78, 5) is 35.8. The van der Waals surface area contributed by atoms with Crippen LogP contribution in [-0.2, 0) is 9.53 Å². The lowest BCUT2D eigenvalue weighted by Gasteiger charge is -2.29. The molecule has 2 heterocycles. The van der Waals surface area contributed by atoms with Crippen LogP contribution < -0.4 is 20.9 Å². The lowest BCUT2D eigenvalue weighted by Crippen LogP contribution is -2.37. The summed E-state index contributed by atoms with van der Waals surface area (Å²) in [6.07, 6.45) is 1.96. The van der Waals surface area contributed by atoms with Crippen molar-refractivity contribution >= 4 is 58.2 Å². The number of halogens is 1. The molecular formula is C24H25ClN6O3S. The Morgan fingerprint density at radius 3 is 2.00 bits per heavy atom. The standard InChI is InChI=1S/C24H25ClN6O3S/c1-15(32)26-17-7-9-19(10-8-17)28-24(33)27-18-5-3-16(4-6-18)22-29-21(25)20(35-2)23(30-22)31-11-13-34-14-12-31/h3-10H,11-14H2,1-2H3,(H,26,32)(H2,27,28,33). The van der Waals surface area contributed by atoms with E-state index in [9.17, 15) is 9.59 Å². The van der Waals surface area contributed by atoms with Gasteiger partial charge in [-0.3, -0.25) is 4.79 Å². The Labute approximate surface area is 212 Å². The van der Waals surface area contributed by atoms with E-state index in [1.807, 2.05) is 18.4 Å². The van der Waals surface area contributed by atoms with Crippen LogP contribution >= 0.6 is 23.4 Å². The molecule has 182 valence electrons. The van der Waals surface area contributed by atoms with Crippen molar-refractivity contribution in [3.63, 3.8) is 0 Å². The van der Waals surface area contributed by atoms with E-state index in [1.165, 1.54) is 18.7 Å². The number of hydrogen-bond donors (Lipinski definition) is 3. The summed E-state index contributed by atoms with van der Waals surface area (Å²) in [5, 5.41) is 8.65. The van der Waals surface area contributed by atoms with E-state index in [-0.39, 0.29) is 11.9 Å². The van der Waals surface area contributed by atoms with E-state index in [0.717, 1.165) is 29.4 Å². The van der Waals surface area contributed by atoms with Crippen molar-refractivity contribution in [3.05, 3.63) is 53.7 Å². The highest BCUT2D eigenvalue weighted by Gasteiger charge is 2.21. The molecule has 11 heteroatoms. The molecule has 0 unspecified atom stereocenters. The van der Waals surface area contributed by atoms with E-state index in [4.69, 9.17) is 21.3 Å². The van der Waals surface area contributed by atoms with Crippen molar-refractivity contribution in [3.8, 4) is 11.4 Å². The minimum Gasteiger partial charge on any atom is -0.378 e. The molecule has 0 saturated carbocycles. The van der Waals surface area contributed by atoms with Gasteiger partial charge in [0.05, 0.1) is 18.1 Å². The molecule has 1 aliphatic rings. The Bertz CT molecular complexity index is 1200. The predicted octanol–water partition coefficient (Wildman–Crippen LogP) is 4.96. The van der Waals surface area contributed by atoms with Gasteiger partial charge in [0, 0.05) is 42.6 Å². The molecule has 0 spiro atoms. The van der Waals surface area contributed by atoms with Crippen LogP contribution in [-0.4, -0.2) is 54.5 Å². The summed E-state index contributed by atoms with van der Waals surface area (Å²) in [5.74, 6) is 1.17. The van der Waals surface area contributed by atoms with Gasteiger partial charge in [-0.05, 0) is 54.8 Å². The number of benzene rings is 2. The Morgan fingerprint density at radius 2 is 1.46 bits per heavy atom. The largest absolute Gasteiger partial charge is 0.378 e. The van der Waals surface area contributed by atoms with Crippen molar-refractivity contribution < 1.29 is 14.3 Å². The van der Waals surface area contributed by atoms with Crippen LogP contribution in [0.4, 0.5) is 27.7 Å². The number of nitrogens with one attached hydrogen (secondary N) is 3. The predicted molar refractivity (Wildman–Crippen MR) is 141 cm³/mol. The number of nitrogens with zero attached hydrogens (tertiary/aromatic N) is 3. The summed E-state index contributed by atoms with van der Waals surface area (Å²) < 4.78 is 5.46. The number of rotatable bonds is 6. The summed E-state index contributed by atoms with van der Waals surface area (Å²) in [6, 6.07) is 13.7. The zero-order chi connectivity index (χ0) is 24.8. The number of carbonyl (C=O) groups is 2. The first-order valence-electron chi connectivity index (χ1n) is 10.9. The van der Waals surface area contributed by atoms with Gasteiger partial charge in [-0.2, -0.15) is 0 Å². The molecule has 1 saturated heterocycles. The molecular weight excluding hydrogens is 488 g/mol.